The smallest absolute Gasteiger partial charge is 0.422 e. The van der Waals surface area contributed by atoms with E-state index in [2.05, 4.69) is 15.3 Å². The van der Waals surface area contributed by atoms with Gasteiger partial charge in [0.05, 0.1) is 10.9 Å². The molecule has 27 heavy (non-hydrogen) atoms. The van der Waals surface area contributed by atoms with Crippen molar-refractivity contribution in [3.05, 3.63) is 42.5 Å². The quantitative estimate of drug-likeness (QED) is 0.723. The molecule has 0 saturated carbocycles. The second kappa shape index (κ2) is 7.10. The Labute approximate surface area is 152 Å². The van der Waals surface area contributed by atoms with E-state index in [1.807, 2.05) is 0 Å². The number of rotatable bonds is 4. The van der Waals surface area contributed by atoms with Gasteiger partial charge in [-0.1, -0.05) is 18.2 Å². The van der Waals surface area contributed by atoms with E-state index in [1.54, 1.807) is 42.5 Å². The largest absolute Gasteiger partial charge is 0.467 e. The Balaban J connectivity index is 1.98. The van der Waals surface area contributed by atoms with Crippen LogP contribution in [-0.4, -0.2) is 28.7 Å². The highest BCUT2D eigenvalue weighted by Crippen LogP contribution is 2.30. The van der Waals surface area contributed by atoms with Crippen molar-refractivity contribution < 1.29 is 22.7 Å². The molecule has 6 nitrogen and oxygen atoms in total. The first kappa shape index (κ1) is 18.4. The fourth-order valence-electron chi connectivity index (χ4n) is 2.51. The Bertz CT molecular complexity index is 988. The second-order valence-electron chi connectivity index (χ2n) is 5.78. The van der Waals surface area contributed by atoms with Crippen LogP contribution < -0.4 is 15.8 Å². The molecule has 140 valence electrons. The second-order valence-corrected chi connectivity index (χ2v) is 5.78. The first-order valence-corrected chi connectivity index (χ1v) is 7.86. The van der Waals surface area contributed by atoms with Gasteiger partial charge in [-0.2, -0.15) is 18.2 Å². The van der Waals surface area contributed by atoms with E-state index in [4.69, 9.17) is 10.5 Å². The molecule has 0 unspecified atom stereocenters. The number of fused-ring (bicyclic) bond motifs is 1. The Morgan fingerprint density at radius 1 is 1.11 bits per heavy atom. The fourth-order valence-corrected chi connectivity index (χ4v) is 2.51. The van der Waals surface area contributed by atoms with Crippen LogP contribution in [-0.2, 0) is 4.79 Å². The summed E-state index contributed by atoms with van der Waals surface area (Å²) in [4.78, 5) is 18.9. The summed E-state index contributed by atoms with van der Waals surface area (Å²) >= 11 is 0. The van der Waals surface area contributed by atoms with E-state index >= 15 is 0 Å². The van der Waals surface area contributed by atoms with Crippen molar-refractivity contribution in [3.8, 4) is 17.0 Å². The molecule has 0 radical (unpaired) electrons. The summed E-state index contributed by atoms with van der Waals surface area (Å²) in [6.07, 6.45) is -4.50. The van der Waals surface area contributed by atoms with E-state index in [-0.39, 0.29) is 17.7 Å². The zero-order valence-electron chi connectivity index (χ0n) is 14.2. The van der Waals surface area contributed by atoms with Gasteiger partial charge in [0, 0.05) is 12.6 Å². The van der Waals surface area contributed by atoms with Crippen LogP contribution in [0.15, 0.2) is 42.5 Å². The molecule has 1 amide bonds. The molecule has 0 aliphatic rings. The van der Waals surface area contributed by atoms with Crippen LogP contribution in [0.2, 0.25) is 0 Å². The van der Waals surface area contributed by atoms with Gasteiger partial charge in [0.15, 0.2) is 6.61 Å². The number of halogens is 3. The minimum absolute atomic E-state index is 0.174. The third-order valence-corrected chi connectivity index (χ3v) is 3.59. The lowest BCUT2D eigenvalue weighted by molar-refractivity contribution is -0.153. The van der Waals surface area contributed by atoms with Crippen LogP contribution in [0.1, 0.15) is 6.92 Å². The summed E-state index contributed by atoms with van der Waals surface area (Å²) in [6, 6.07) is 12.0. The monoisotopic (exact) mass is 376 g/mol. The number of hydrogen-bond donors (Lipinski definition) is 2. The van der Waals surface area contributed by atoms with Crippen molar-refractivity contribution in [2.45, 2.75) is 13.1 Å². The van der Waals surface area contributed by atoms with Crippen molar-refractivity contribution in [2.75, 3.05) is 17.7 Å². The number of hydrogen-bond acceptors (Lipinski definition) is 5. The molecule has 0 aliphatic carbocycles. The first-order valence-electron chi connectivity index (χ1n) is 7.86. The Morgan fingerprint density at radius 3 is 2.41 bits per heavy atom. The van der Waals surface area contributed by atoms with Crippen LogP contribution >= 0.6 is 0 Å². The highest BCUT2D eigenvalue weighted by Gasteiger charge is 2.29. The maximum atomic E-state index is 12.5. The van der Waals surface area contributed by atoms with Crippen molar-refractivity contribution in [2.24, 2.45) is 0 Å². The number of carbonyl (C=O) groups excluding carboxylic acids is 1. The number of nitrogens with zero attached hydrogens (tertiary/aromatic N) is 2. The Kier molecular flexibility index (Phi) is 4.85. The molecule has 1 heterocycles. The molecule has 1 aromatic heterocycles. The number of amides is 1. The SMILES string of the molecule is CC(=O)Nc1ccc(-c2ccc3nc(N)nc(OCC(F)(F)F)c3c2)cc1. The van der Waals surface area contributed by atoms with E-state index in [9.17, 15) is 18.0 Å². The lowest BCUT2D eigenvalue weighted by Gasteiger charge is -2.12. The average Bonchev–Trinajstić information content (AvgIpc) is 2.59. The molecule has 0 saturated heterocycles. The maximum Gasteiger partial charge on any atom is 0.422 e. The van der Waals surface area contributed by atoms with Gasteiger partial charge in [-0.3, -0.25) is 4.79 Å². The number of alkyl halides is 3. The lowest BCUT2D eigenvalue weighted by atomic mass is 10.0. The predicted octanol–water partition coefficient (Wildman–Crippen LogP) is 3.78. The van der Waals surface area contributed by atoms with Crippen molar-refractivity contribution in [3.63, 3.8) is 0 Å². The molecule has 9 heteroatoms. The standard InChI is InChI=1S/C18H15F3N4O2/c1-10(26)23-13-5-2-11(3-6-13)12-4-7-15-14(8-12)16(25-17(22)24-15)27-9-18(19,20)21/h2-8H,9H2,1H3,(H,23,26)(H2,22,24,25). The van der Waals surface area contributed by atoms with Crippen LogP contribution in [0.5, 0.6) is 5.88 Å². The number of nitrogen functional groups attached to an aromatic ring is 1. The molecule has 0 atom stereocenters. The fraction of sp³-hybridized carbons (Fsp3) is 0.167. The summed E-state index contributed by atoms with van der Waals surface area (Å²) in [5.41, 5.74) is 8.08. The Hall–Kier alpha value is -3.36. The summed E-state index contributed by atoms with van der Waals surface area (Å²) in [5.74, 6) is -0.590. The molecule has 2 aromatic carbocycles. The molecule has 0 spiro atoms. The number of aromatic nitrogens is 2. The lowest BCUT2D eigenvalue weighted by Crippen LogP contribution is -2.20. The van der Waals surface area contributed by atoms with Gasteiger partial charge < -0.3 is 15.8 Å². The molecule has 3 aromatic rings. The molecule has 3 N–H and O–H groups in total. The highest BCUT2D eigenvalue weighted by molar-refractivity contribution is 5.90. The average molecular weight is 376 g/mol. The zero-order valence-corrected chi connectivity index (χ0v) is 14.2. The van der Waals surface area contributed by atoms with Crippen molar-refractivity contribution in [1.82, 2.24) is 9.97 Å². The summed E-state index contributed by atoms with van der Waals surface area (Å²) in [5, 5.41) is 2.98. The number of anilines is 2. The van der Waals surface area contributed by atoms with Gasteiger partial charge in [-0.15, -0.1) is 0 Å². The van der Waals surface area contributed by atoms with Crippen LogP contribution in [0, 0.1) is 0 Å². The van der Waals surface area contributed by atoms with Gasteiger partial charge in [-0.05, 0) is 35.4 Å². The molecule has 0 aliphatic heterocycles. The van der Waals surface area contributed by atoms with Crippen LogP contribution in [0.3, 0.4) is 0 Å². The normalized spacial score (nSPS) is 11.4. The number of ether oxygens (including phenoxy) is 1. The Morgan fingerprint density at radius 2 is 1.78 bits per heavy atom. The topological polar surface area (TPSA) is 90.1 Å². The third kappa shape index (κ3) is 4.63. The van der Waals surface area contributed by atoms with E-state index in [0.717, 1.165) is 11.1 Å². The van der Waals surface area contributed by atoms with E-state index in [1.165, 1.54) is 6.92 Å². The minimum atomic E-state index is -4.50. The first-order chi connectivity index (χ1) is 12.7. The van der Waals surface area contributed by atoms with Gasteiger partial charge >= 0.3 is 6.18 Å². The number of nitrogens with one attached hydrogen (secondary N) is 1. The molecular formula is C18H15F3N4O2. The molecule has 0 fully saturated rings. The minimum Gasteiger partial charge on any atom is -0.467 e. The maximum absolute atomic E-state index is 12.5. The summed E-state index contributed by atoms with van der Waals surface area (Å²) < 4.78 is 42.3. The number of benzene rings is 2. The van der Waals surface area contributed by atoms with Gasteiger partial charge in [0.1, 0.15) is 0 Å². The van der Waals surface area contributed by atoms with Crippen LogP contribution in [0.25, 0.3) is 22.0 Å². The number of nitrogens with two attached hydrogens (primary N) is 1. The summed E-state index contributed by atoms with van der Waals surface area (Å²) in [7, 11) is 0. The van der Waals surface area contributed by atoms with E-state index < -0.39 is 12.8 Å². The summed E-state index contributed by atoms with van der Waals surface area (Å²) in [6.45, 7) is -0.0698. The van der Waals surface area contributed by atoms with Gasteiger partial charge in [-0.25, -0.2) is 4.98 Å². The number of carbonyl (C=O) groups is 1. The van der Waals surface area contributed by atoms with Gasteiger partial charge in [0.25, 0.3) is 0 Å². The zero-order chi connectivity index (χ0) is 19.6. The third-order valence-electron chi connectivity index (χ3n) is 3.59. The highest BCUT2D eigenvalue weighted by atomic mass is 19.4. The predicted molar refractivity (Wildman–Crippen MR) is 95.2 cm³/mol. The van der Waals surface area contributed by atoms with Crippen molar-refractivity contribution in [1.29, 1.82) is 0 Å². The molecular weight excluding hydrogens is 361 g/mol. The van der Waals surface area contributed by atoms with Crippen LogP contribution in [0.4, 0.5) is 24.8 Å². The molecule has 3 rings (SSSR count). The molecule has 0 bridgehead atoms. The van der Waals surface area contributed by atoms with E-state index in [0.29, 0.717) is 16.6 Å². The van der Waals surface area contributed by atoms with Gasteiger partial charge in [0.2, 0.25) is 17.7 Å². The van der Waals surface area contributed by atoms with Crippen molar-refractivity contribution >= 4 is 28.4 Å².